The highest BCUT2D eigenvalue weighted by atomic mass is 35.5. The van der Waals surface area contributed by atoms with Gasteiger partial charge in [0.2, 0.25) is 10.0 Å². The summed E-state index contributed by atoms with van der Waals surface area (Å²) >= 11 is 5.81. The minimum Gasteiger partial charge on any atom is -0.449 e. The molecule has 2 aliphatic rings. The fourth-order valence-electron chi connectivity index (χ4n) is 4.49. The van der Waals surface area contributed by atoms with Gasteiger partial charge in [-0.15, -0.1) is 0 Å². The molecule has 2 bridgehead atoms. The maximum absolute atomic E-state index is 12.4. The Morgan fingerprint density at radius 2 is 1.96 bits per heavy atom. The van der Waals surface area contributed by atoms with Gasteiger partial charge in [-0.05, 0) is 69.1 Å². The molecule has 0 saturated heterocycles. The third-order valence-electron chi connectivity index (χ3n) is 5.93. The molecule has 154 valence electrons. The fraction of sp³-hybridized carbons (Fsp3) is 0.579. The Kier molecular flexibility index (Phi) is 6.03. The van der Waals surface area contributed by atoms with Crippen molar-refractivity contribution in [2.45, 2.75) is 56.6 Å². The van der Waals surface area contributed by atoms with E-state index in [4.69, 9.17) is 21.5 Å². The van der Waals surface area contributed by atoms with Crippen LogP contribution in [0.15, 0.2) is 23.1 Å². The van der Waals surface area contributed by atoms with Crippen LogP contribution in [0.5, 0.6) is 0 Å². The Labute approximate surface area is 170 Å². The molecule has 3 N–H and O–H groups in total. The zero-order valence-corrected chi connectivity index (χ0v) is 17.4. The van der Waals surface area contributed by atoms with Gasteiger partial charge in [-0.2, -0.15) is 0 Å². The zero-order valence-electron chi connectivity index (χ0n) is 15.9. The molecule has 2 aliphatic carbocycles. The van der Waals surface area contributed by atoms with Crippen LogP contribution in [0.1, 0.15) is 49.9 Å². The normalized spacial score (nSPS) is 25.9. The molecule has 0 radical (unpaired) electrons. The van der Waals surface area contributed by atoms with Crippen LogP contribution in [0.4, 0.5) is 0 Å². The summed E-state index contributed by atoms with van der Waals surface area (Å²) in [4.78, 5) is 24.4. The predicted octanol–water partition coefficient (Wildman–Crippen LogP) is 2.47. The largest absolute Gasteiger partial charge is 0.449 e. The maximum Gasteiger partial charge on any atom is 0.338 e. The number of fused-ring (bicyclic) bond motifs is 2. The lowest BCUT2D eigenvalue weighted by Crippen LogP contribution is -2.45. The van der Waals surface area contributed by atoms with E-state index in [2.05, 4.69) is 5.32 Å². The van der Waals surface area contributed by atoms with E-state index < -0.39 is 22.1 Å². The number of primary sulfonamides is 1. The number of hydrogen-bond acceptors (Lipinski definition) is 5. The number of rotatable bonds is 6. The lowest BCUT2D eigenvalue weighted by Gasteiger charge is -2.29. The summed E-state index contributed by atoms with van der Waals surface area (Å²) in [6.45, 7) is 3.48. The summed E-state index contributed by atoms with van der Waals surface area (Å²) in [5, 5.41) is 7.95. The van der Waals surface area contributed by atoms with Crippen LogP contribution in [0.3, 0.4) is 0 Å². The number of ether oxygens (including phenoxy) is 1. The molecule has 1 amide bonds. The molecular formula is C19H25ClN2O5S. The number of carbonyl (C=O) groups excluding carboxylic acids is 2. The van der Waals surface area contributed by atoms with E-state index in [1.807, 2.05) is 6.92 Å². The molecule has 2 saturated carbocycles. The van der Waals surface area contributed by atoms with Gasteiger partial charge < -0.3 is 10.1 Å². The summed E-state index contributed by atoms with van der Waals surface area (Å²) in [6, 6.07) is 3.64. The maximum atomic E-state index is 12.4. The van der Waals surface area contributed by atoms with Crippen LogP contribution in [0.2, 0.25) is 5.02 Å². The molecule has 0 spiro atoms. The molecule has 9 heteroatoms. The molecule has 0 heterocycles. The SMILES string of the molecule is C[C@H](OC(=O)c1ccc(Cl)c(S(N)(=O)=O)c1)C(=O)N[C@H](C)[C@H]1C[C@H]2CC[C@H]1C2. The van der Waals surface area contributed by atoms with E-state index in [9.17, 15) is 18.0 Å². The highest BCUT2D eigenvalue weighted by molar-refractivity contribution is 7.89. The van der Waals surface area contributed by atoms with Gasteiger partial charge in [0, 0.05) is 6.04 Å². The van der Waals surface area contributed by atoms with Gasteiger partial charge in [0.05, 0.1) is 10.6 Å². The molecule has 2 fully saturated rings. The number of amides is 1. The second-order valence-corrected chi connectivity index (χ2v) is 9.81. The molecule has 28 heavy (non-hydrogen) atoms. The molecule has 1 aromatic rings. The first-order valence-electron chi connectivity index (χ1n) is 9.40. The summed E-state index contributed by atoms with van der Waals surface area (Å²) in [7, 11) is -4.08. The van der Waals surface area contributed by atoms with Crippen molar-refractivity contribution in [1.29, 1.82) is 0 Å². The van der Waals surface area contributed by atoms with Gasteiger partial charge in [-0.25, -0.2) is 18.4 Å². The molecule has 0 aliphatic heterocycles. The Balaban J connectivity index is 1.60. The highest BCUT2D eigenvalue weighted by Crippen LogP contribution is 2.49. The van der Waals surface area contributed by atoms with Crippen molar-refractivity contribution in [3.8, 4) is 0 Å². The third kappa shape index (κ3) is 4.50. The Morgan fingerprint density at radius 1 is 1.25 bits per heavy atom. The second kappa shape index (κ2) is 8.00. The first-order chi connectivity index (χ1) is 13.1. The number of benzene rings is 1. The van der Waals surface area contributed by atoms with Crippen LogP contribution < -0.4 is 10.5 Å². The molecular weight excluding hydrogens is 404 g/mol. The van der Waals surface area contributed by atoms with Crippen LogP contribution in [0, 0.1) is 17.8 Å². The number of sulfonamides is 1. The van der Waals surface area contributed by atoms with E-state index in [1.54, 1.807) is 0 Å². The average molecular weight is 429 g/mol. The topological polar surface area (TPSA) is 116 Å². The van der Waals surface area contributed by atoms with Crippen molar-refractivity contribution in [3.63, 3.8) is 0 Å². The van der Waals surface area contributed by atoms with E-state index in [-0.39, 0.29) is 27.4 Å². The molecule has 3 rings (SSSR count). The number of carbonyl (C=O) groups is 2. The van der Waals surface area contributed by atoms with Gasteiger partial charge in [-0.3, -0.25) is 4.79 Å². The number of nitrogens with two attached hydrogens (primary N) is 1. The molecule has 0 aromatic heterocycles. The van der Waals surface area contributed by atoms with Crippen molar-refractivity contribution in [2.24, 2.45) is 22.9 Å². The number of nitrogens with one attached hydrogen (secondary N) is 1. The molecule has 0 unspecified atom stereocenters. The summed E-state index contributed by atoms with van der Waals surface area (Å²) in [5.74, 6) is 0.728. The number of halogens is 1. The smallest absolute Gasteiger partial charge is 0.338 e. The predicted molar refractivity (Wildman–Crippen MR) is 104 cm³/mol. The van der Waals surface area contributed by atoms with Crippen LogP contribution in [-0.2, 0) is 19.6 Å². The zero-order chi connectivity index (χ0) is 20.6. The van der Waals surface area contributed by atoms with E-state index in [0.717, 1.165) is 18.4 Å². The van der Waals surface area contributed by atoms with E-state index in [0.29, 0.717) is 11.8 Å². The monoisotopic (exact) mass is 428 g/mol. The minimum absolute atomic E-state index is 0.0217. The fourth-order valence-corrected chi connectivity index (χ4v) is 5.56. The van der Waals surface area contributed by atoms with Crippen molar-refractivity contribution < 1.29 is 22.7 Å². The van der Waals surface area contributed by atoms with Crippen molar-refractivity contribution in [3.05, 3.63) is 28.8 Å². The number of hydrogen-bond donors (Lipinski definition) is 2. The Bertz CT molecular complexity index is 888. The summed E-state index contributed by atoms with van der Waals surface area (Å²) in [5.41, 5.74) is -0.0470. The highest BCUT2D eigenvalue weighted by Gasteiger charge is 2.42. The summed E-state index contributed by atoms with van der Waals surface area (Å²) in [6.07, 6.45) is 3.89. The Morgan fingerprint density at radius 3 is 2.54 bits per heavy atom. The second-order valence-electron chi connectivity index (χ2n) is 7.87. The minimum atomic E-state index is -4.08. The molecule has 1 aromatic carbocycles. The van der Waals surface area contributed by atoms with Crippen LogP contribution in [0.25, 0.3) is 0 Å². The van der Waals surface area contributed by atoms with Crippen molar-refractivity contribution >= 4 is 33.5 Å². The quantitative estimate of drug-likeness (QED) is 0.675. The Hall–Kier alpha value is -1.64. The van der Waals surface area contributed by atoms with Gasteiger partial charge >= 0.3 is 5.97 Å². The van der Waals surface area contributed by atoms with Crippen LogP contribution in [-0.4, -0.2) is 32.4 Å². The third-order valence-corrected chi connectivity index (χ3v) is 7.32. The number of esters is 1. The molecule has 7 nitrogen and oxygen atoms in total. The van der Waals surface area contributed by atoms with Gasteiger partial charge in [0.1, 0.15) is 4.90 Å². The van der Waals surface area contributed by atoms with Crippen molar-refractivity contribution in [2.75, 3.05) is 0 Å². The first kappa shape index (κ1) is 21.1. The first-order valence-corrected chi connectivity index (χ1v) is 11.3. The van der Waals surface area contributed by atoms with Crippen molar-refractivity contribution in [1.82, 2.24) is 5.32 Å². The van der Waals surface area contributed by atoms with Gasteiger partial charge in [0.15, 0.2) is 6.10 Å². The lowest BCUT2D eigenvalue weighted by molar-refractivity contribution is -0.130. The molecule has 5 atom stereocenters. The van der Waals surface area contributed by atoms with Gasteiger partial charge in [-0.1, -0.05) is 18.0 Å². The lowest BCUT2D eigenvalue weighted by atomic mass is 9.84. The standard InChI is InChI=1S/C19H25ClN2O5S/c1-10(15-8-12-3-4-13(15)7-12)22-18(23)11(2)27-19(24)14-5-6-16(20)17(9-14)28(21,25)26/h5-6,9-13,15H,3-4,7-8H2,1-2H3,(H,22,23)(H2,21,25,26)/t10-,11+,12+,13+,15-/m1/s1. The average Bonchev–Trinajstić information content (AvgIpc) is 3.24. The van der Waals surface area contributed by atoms with Gasteiger partial charge in [0.25, 0.3) is 5.91 Å². The van der Waals surface area contributed by atoms with E-state index in [1.165, 1.54) is 38.3 Å². The van der Waals surface area contributed by atoms with Crippen LogP contribution >= 0.6 is 11.6 Å². The summed E-state index contributed by atoms with van der Waals surface area (Å²) < 4.78 is 28.3. The van der Waals surface area contributed by atoms with E-state index >= 15 is 0 Å².